The average Bonchev–Trinajstić information content (AvgIpc) is 2.28. The second-order valence-corrected chi connectivity index (χ2v) is 4.74. The van der Waals surface area contributed by atoms with Gasteiger partial charge in [0.2, 0.25) is 0 Å². The Balaban J connectivity index is 2.24. The van der Waals surface area contributed by atoms with Crippen molar-refractivity contribution < 1.29 is 14.3 Å². The summed E-state index contributed by atoms with van der Waals surface area (Å²) in [6.45, 7) is 0.948. The van der Waals surface area contributed by atoms with Crippen LogP contribution in [0.5, 0.6) is 5.75 Å². The van der Waals surface area contributed by atoms with Crippen molar-refractivity contribution in [1.82, 2.24) is 4.90 Å². The third kappa shape index (κ3) is 2.52. The molecule has 1 amide bonds. The Kier molecular flexibility index (Phi) is 3.52. The van der Waals surface area contributed by atoms with Gasteiger partial charge in [0.05, 0.1) is 5.38 Å². The highest BCUT2D eigenvalue weighted by Crippen LogP contribution is 2.24. The molecular formula is C12H13ClFNO2. The van der Waals surface area contributed by atoms with Crippen LogP contribution >= 0.6 is 11.6 Å². The van der Waals surface area contributed by atoms with E-state index in [0.717, 1.165) is 18.9 Å². The summed E-state index contributed by atoms with van der Waals surface area (Å²) in [6, 6.07) is 3.83. The molecule has 1 unspecified atom stereocenters. The summed E-state index contributed by atoms with van der Waals surface area (Å²) >= 11 is 5.97. The fourth-order valence-corrected chi connectivity index (χ4v) is 2.31. The van der Waals surface area contributed by atoms with E-state index >= 15 is 0 Å². The number of piperidine rings is 1. The van der Waals surface area contributed by atoms with Gasteiger partial charge in [0.25, 0.3) is 5.91 Å². The van der Waals surface area contributed by atoms with Crippen molar-refractivity contribution in [2.45, 2.75) is 18.2 Å². The molecule has 0 aliphatic carbocycles. The van der Waals surface area contributed by atoms with Crippen LogP contribution in [0, 0.1) is 5.82 Å². The van der Waals surface area contributed by atoms with Gasteiger partial charge in [0.15, 0.2) is 0 Å². The Morgan fingerprint density at radius 3 is 2.94 bits per heavy atom. The summed E-state index contributed by atoms with van der Waals surface area (Å²) in [4.78, 5) is 13.5. The van der Waals surface area contributed by atoms with Crippen LogP contribution in [0.25, 0.3) is 0 Å². The Bertz CT molecular complexity index is 418. The van der Waals surface area contributed by atoms with Gasteiger partial charge in [0.1, 0.15) is 17.1 Å². The standard InChI is InChI=1S/C12H13ClFNO2/c13-8-3-2-6-15(7-8)12(17)11-9(14)4-1-5-10(11)16/h1,4-5,8,16H,2-3,6-7H2. The third-order valence-electron chi connectivity index (χ3n) is 2.86. The summed E-state index contributed by atoms with van der Waals surface area (Å²) in [5.74, 6) is -1.52. The number of amides is 1. The van der Waals surface area contributed by atoms with Crippen LogP contribution in [0.1, 0.15) is 23.2 Å². The molecule has 0 bridgehead atoms. The van der Waals surface area contributed by atoms with Gasteiger partial charge in [-0.1, -0.05) is 6.07 Å². The van der Waals surface area contributed by atoms with Crippen LogP contribution < -0.4 is 0 Å². The number of aromatic hydroxyl groups is 1. The van der Waals surface area contributed by atoms with Crippen molar-refractivity contribution >= 4 is 17.5 Å². The lowest BCUT2D eigenvalue weighted by molar-refractivity contribution is 0.0719. The van der Waals surface area contributed by atoms with Crippen LogP contribution in [0.2, 0.25) is 0 Å². The predicted molar refractivity (Wildman–Crippen MR) is 62.8 cm³/mol. The number of hydrogen-bond acceptors (Lipinski definition) is 2. The van der Waals surface area contributed by atoms with Gasteiger partial charge in [-0.2, -0.15) is 0 Å². The lowest BCUT2D eigenvalue weighted by Gasteiger charge is -2.30. The quantitative estimate of drug-likeness (QED) is 0.785. The van der Waals surface area contributed by atoms with Gasteiger partial charge < -0.3 is 10.0 Å². The van der Waals surface area contributed by atoms with Crippen LogP contribution in [-0.4, -0.2) is 34.4 Å². The number of nitrogens with zero attached hydrogens (tertiary/aromatic N) is 1. The molecule has 1 aliphatic heterocycles. The van der Waals surface area contributed by atoms with Crippen LogP contribution in [0.4, 0.5) is 4.39 Å². The highest BCUT2D eigenvalue weighted by Gasteiger charge is 2.26. The van der Waals surface area contributed by atoms with E-state index in [1.165, 1.54) is 17.0 Å². The molecule has 5 heteroatoms. The molecule has 17 heavy (non-hydrogen) atoms. The van der Waals surface area contributed by atoms with Crippen molar-refractivity contribution in [3.05, 3.63) is 29.6 Å². The van der Waals surface area contributed by atoms with Crippen LogP contribution in [-0.2, 0) is 0 Å². The van der Waals surface area contributed by atoms with Crippen LogP contribution in [0.15, 0.2) is 18.2 Å². The van der Waals surface area contributed by atoms with Gasteiger partial charge in [-0.15, -0.1) is 11.6 Å². The zero-order valence-electron chi connectivity index (χ0n) is 9.20. The Morgan fingerprint density at radius 2 is 2.29 bits per heavy atom. The van der Waals surface area contributed by atoms with E-state index in [0.29, 0.717) is 13.1 Å². The molecule has 1 atom stereocenters. The Labute approximate surface area is 104 Å². The number of benzene rings is 1. The zero-order valence-corrected chi connectivity index (χ0v) is 9.95. The number of alkyl halides is 1. The van der Waals surface area contributed by atoms with E-state index in [-0.39, 0.29) is 16.7 Å². The van der Waals surface area contributed by atoms with Crippen molar-refractivity contribution in [2.24, 2.45) is 0 Å². The zero-order chi connectivity index (χ0) is 12.4. The van der Waals surface area contributed by atoms with Crippen molar-refractivity contribution in [2.75, 3.05) is 13.1 Å². The maximum Gasteiger partial charge on any atom is 0.260 e. The molecule has 0 spiro atoms. The van der Waals surface area contributed by atoms with Crippen molar-refractivity contribution in [1.29, 1.82) is 0 Å². The average molecular weight is 258 g/mol. The number of hydrogen-bond donors (Lipinski definition) is 1. The SMILES string of the molecule is O=C(c1c(O)cccc1F)N1CCCC(Cl)C1. The number of carbonyl (C=O) groups excluding carboxylic acids is 1. The van der Waals surface area contributed by atoms with E-state index in [1.807, 2.05) is 0 Å². The number of rotatable bonds is 1. The number of carbonyl (C=O) groups is 1. The first-order valence-corrected chi connectivity index (χ1v) is 5.94. The van der Waals surface area contributed by atoms with E-state index < -0.39 is 11.7 Å². The highest BCUT2D eigenvalue weighted by atomic mass is 35.5. The van der Waals surface area contributed by atoms with Gasteiger partial charge in [0, 0.05) is 13.1 Å². The smallest absolute Gasteiger partial charge is 0.260 e. The van der Waals surface area contributed by atoms with Gasteiger partial charge in [-0.3, -0.25) is 4.79 Å². The first-order chi connectivity index (χ1) is 8.09. The molecule has 0 saturated carbocycles. The molecule has 1 aromatic rings. The lowest BCUT2D eigenvalue weighted by atomic mass is 10.1. The number of halogens is 2. The minimum Gasteiger partial charge on any atom is -0.507 e. The molecule has 1 saturated heterocycles. The molecule has 1 heterocycles. The molecule has 92 valence electrons. The molecule has 1 aromatic carbocycles. The fourth-order valence-electron chi connectivity index (χ4n) is 1.99. The number of phenols is 1. The molecule has 0 radical (unpaired) electrons. The highest BCUT2D eigenvalue weighted by molar-refractivity contribution is 6.21. The van der Waals surface area contributed by atoms with E-state index in [9.17, 15) is 14.3 Å². The molecule has 1 fully saturated rings. The van der Waals surface area contributed by atoms with E-state index in [2.05, 4.69) is 0 Å². The largest absolute Gasteiger partial charge is 0.507 e. The normalized spacial score (nSPS) is 20.4. The summed E-state index contributed by atoms with van der Waals surface area (Å²) in [5, 5.41) is 9.44. The first-order valence-electron chi connectivity index (χ1n) is 5.50. The van der Waals surface area contributed by atoms with Crippen molar-refractivity contribution in [3.63, 3.8) is 0 Å². The second kappa shape index (κ2) is 4.92. The molecule has 0 aromatic heterocycles. The summed E-state index contributed by atoms with van der Waals surface area (Å²) in [6.07, 6.45) is 1.66. The Morgan fingerprint density at radius 1 is 1.53 bits per heavy atom. The minimum absolute atomic E-state index is 0.0957. The third-order valence-corrected chi connectivity index (χ3v) is 3.21. The molecular weight excluding hydrogens is 245 g/mol. The second-order valence-electron chi connectivity index (χ2n) is 4.12. The Hall–Kier alpha value is -1.29. The maximum absolute atomic E-state index is 13.5. The monoisotopic (exact) mass is 257 g/mol. The van der Waals surface area contributed by atoms with Gasteiger partial charge in [-0.05, 0) is 25.0 Å². The molecule has 1 N–H and O–H groups in total. The van der Waals surface area contributed by atoms with E-state index in [4.69, 9.17) is 11.6 Å². The van der Waals surface area contributed by atoms with E-state index in [1.54, 1.807) is 0 Å². The number of phenolic OH excluding ortho intramolecular Hbond substituents is 1. The minimum atomic E-state index is -0.702. The van der Waals surface area contributed by atoms with Gasteiger partial charge in [-0.25, -0.2) is 4.39 Å². The van der Waals surface area contributed by atoms with Crippen LogP contribution in [0.3, 0.4) is 0 Å². The topological polar surface area (TPSA) is 40.5 Å². The summed E-state index contributed by atoms with van der Waals surface area (Å²) in [5.41, 5.74) is -0.265. The molecule has 1 aliphatic rings. The molecule has 2 rings (SSSR count). The fraction of sp³-hybridized carbons (Fsp3) is 0.417. The summed E-state index contributed by atoms with van der Waals surface area (Å²) in [7, 11) is 0. The summed E-state index contributed by atoms with van der Waals surface area (Å²) < 4.78 is 13.5. The van der Waals surface area contributed by atoms with Crippen molar-refractivity contribution in [3.8, 4) is 5.75 Å². The molecule has 3 nitrogen and oxygen atoms in total. The number of likely N-dealkylation sites (tertiary alicyclic amines) is 1. The maximum atomic E-state index is 13.5. The first kappa shape index (κ1) is 12.2. The van der Waals surface area contributed by atoms with Gasteiger partial charge >= 0.3 is 0 Å². The predicted octanol–water partition coefficient (Wildman–Crippen LogP) is 2.37. The lowest BCUT2D eigenvalue weighted by Crippen LogP contribution is -2.40.